The molecule has 32 heavy (non-hydrogen) atoms. The zero-order valence-electron chi connectivity index (χ0n) is 17.5. The minimum Gasteiger partial charge on any atom is -0.497 e. The quantitative estimate of drug-likeness (QED) is 0.390. The fourth-order valence-corrected chi connectivity index (χ4v) is 4.28. The number of amides is 1. The average Bonchev–Trinajstić information content (AvgIpc) is 3.13. The van der Waals surface area contributed by atoms with E-state index < -0.39 is 5.91 Å². The molecule has 1 aromatic heterocycles. The van der Waals surface area contributed by atoms with Crippen LogP contribution < -0.4 is 10.5 Å². The van der Waals surface area contributed by atoms with E-state index in [1.807, 2.05) is 59.2 Å². The van der Waals surface area contributed by atoms with Crippen LogP contribution in [-0.2, 0) is 6.54 Å². The van der Waals surface area contributed by atoms with Crippen molar-refractivity contribution in [1.82, 2.24) is 4.57 Å². The molecular formula is C27H21FN2O2. The van der Waals surface area contributed by atoms with Crippen molar-refractivity contribution < 1.29 is 13.9 Å². The molecule has 158 valence electrons. The molecule has 5 heteroatoms. The van der Waals surface area contributed by atoms with Crippen LogP contribution in [-0.4, -0.2) is 17.6 Å². The van der Waals surface area contributed by atoms with Crippen LogP contribution in [0, 0.1) is 5.82 Å². The second-order valence-corrected chi connectivity index (χ2v) is 7.70. The first-order chi connectivity index (χ1) is 15.6. The number of methoxy groups -OCH3 is 1. The Bertz CT molecular complexity index is 1470. The predicted molar refractivity (Wildman–Crippen MR) is 125 cm³/mol. The number of aromatic nitrogens is 1. The predicted octanol–water partition coefficient (Wildman–Crippen LogP) is 5.76. The summed E-state index contributed by atoms with van der Waals surface area (Å²) >= 11 is 0. The molecule has 0 unspecified atom stereocenters. The highest BCUT2D eigenvalue weighted by atomic mass is 19.1. The fraction of sp³-hybridized carbons (Fsp3) is 0.0741. The van der Waals surface area contributed by atoms with Crippen molar-refractivity contribution in [3.05, 3.63) is 102 Å². The highest BCUT2D eigenvalue weighted by Crippen LogP contribution is 2.35. The van der Waals surface area contributed by atoms with Crippen LogP contribution in [0.5, 0.6) is 5.75 Å². The van der Waals surface area contributed by atoms with Crippen LogP contribution >= 0.6 is 0 Å². The third kappa shape index (κ3) is 3.28. The number of hydrogen-bond acceptors (Lipinski definition) is 2. The highest BCUT2D eigenvalue weighted by Gasteiger charge is 2.18. The Labute approximate surface area is 184 Å². The number of halogens is 1. The zero-order valence-corrected chi connectivity index (χ0v) is 17.5. The molecule has 0 aliphatic rings. The molecule has 5 aromatic rings. The number of carbonyl (C=O) groups excluding carboxylic acids is 1. The van der Waals surface area contributed by atoms with Gasteiger partial charge < -0.3 is 15.0 Å². The van der Waals surface area contributed by atoms with Crippen molar-refractivity contribution in [3.63, 3.8) is 0 Å². The molecule has 0 saturated carbocycles. The lowest BCUT2D eigenvalue weighted by molar-refractivity contribution is 0.100. The Morgan fingerprint density at radius 1 is 0.906 bits per heavy atom. The first-order valence-corrected chi connectivity index (χ1v) is 10.3. The Hall–Kier alpha value is -4.12. The molecule has 0 bridgehead atoms. The normalized spacial score (nSPS) is 11.2. The minimum atomic E-state index is -0.486. The van der Waals surface area contributed by atoms with Gasteiger partial charge in [-0.15, -0.1) is 0 Å². The maximum absolute atomic E-state index is 14.5. The molecule has 2 N–H and O–H groups in total. The number of hydrogen-bond donors (Lipinski definition) is 1. The van der Waals surface area contributed by atoms with Gasteiger partial charge in [0.1, 0.15) is 11.6 Å². The summed E-state index contributed by atoms with van der Waals surface area (Å²) in [5.41, 5.74) is 10.5. The van der Waals surface area contributed by atoms with Crippen molar-refractivity contribution in [2.45, 2.75) is 6.54 Å². The molecule has 0 radical (unpaired) electrons. The van der Waals surface area contributed by atoms with Crippen molar-refractivity contribution in [3.8, 4) is 16.9 Å². The maximum atomic E-state index is 14.5. The van der Waals surface area contributed by atoms with Crippen LogP contribution in [0.25, 0.3) is 32.9 Å². The monoisotopic (exact) mass is 424 g/mol. The summed E-state index contributed by atoms with van der Waals surface area (Å²) in [6.07, 6.45) is 0. The number of fused-ring (bicyclic) bond motifs is 3. The van der Waals surface area contributed by atoms with Gasteiger partial charge in [-0.1, -0.05) is 48.5 Å². The number of nitrogens with zero attached hydrogens (tertiary/aromatic N) is 1. The first kappa shape index (κ1) is 19.8. The van der Waals surface area contributed by atoms with Gasteiger partial charge in [-0.25, -0.2) is 4.39 Å². The van der Waals surface area contributed by atoms with E-state index in [0.717, 1.165) is 38.7 Å². The van der Waals surface area contributed by atoms with Crippen LogP contribution in [0.15, 0.2) is 84.9 Å². The number of primary amides is 1. The molecule has 5 rings (SSSR count). The van der Waals surface area contributed by atoms with E-state index in [0.29, 0.717) is 17.7 Å². The summed E-state index contributed by atoms with van der Waals surface area (Å²) < 4.78 is 21.8. The van der Waals surface area contributed by atoms with Crippen LogP contribution in [0.4, 0.5) is 4.39 Å². The zero-order chi connectivity index (χ0) is 22.2. The second-order valence-electron chi connectivity index (χ2n) is 7.70. The maximum Gasteiger partial charge on any atom is 0.249 e. The van der Waals surface area contributed by atoms with Gasteiger partial charge in [0, 0.05) is 21.9 Å². The smallest absolute Gasteiger partial charge is 0.249 e. The Morgan fingerprint density at radius 3 is 2.38 bits per heavy atom. The van der Waals surface area contributed by atoms with E-state index in [4.69, 9.17) is 10.5 Å². The van der Waals surface area contributed by atoms with E-state index in [-0.39, 0.29) is 5.82 Å². The molecule has 4 aromatic carbocycles. The van der Waals surface area contributed by atoms with E-state index in [9.17, 15) is 9.18 Å². The molecule has 0 aliphatic carbocycles. The molecule has 0 atom stereocenters. The van der Waals surface area contributed by atoms with Gasteiger partial charge in [-0.05, 0) is 47.5 Å². The molecule has 0 aliphatic heterocycles. The van der Waals surface area contributed by atoms with Gasteiger partial charge in [-0.2, -0.15) is 0 Å². The molecule has 0 fully saturated rings. The molecule has 0 saturated heterocycles. The lowest BCUT2D eigenvalue weighted by Gasteiger charge is -2.10. The standard InChI is InChI=1S/C27H21FN2O2/c1-32-20-12-9-17(10-13-20)18-11-14-21-25(15-18)30(16-19-5-2-3-7-23(19)28)24-8-4-6-22(26(21)24)27(29)31/h2-15H,16H2,1H3,(H2,29,31). The number of nitrogens with two attached hydrogens (primary N) is 1. The van der Waals surface area contributed by atoms with E-state index in [1.54, 1.807) is 25.3 Å². The molecule has 1 heterocycles. The lowest BCUT2D eigenvalue weighted by atomic mass is 10.0. The highest BCUT2D eigenvalue weighted by molar-refractivity contribution is 6.18. The minimum absolute atomic E-state index is 0.264. The fourth-order valence-electron chi connectivity index (χ4n) is 4.28. The first-order valence-electron chi connectivity index (χ1n) is 10.3. The molecular weight excluding hydrogens is 403 g/mol. The van der Waals surface area contributed by atoms with Gasteiger partial charge in [0.15, 0.2) is 0 Å². The molecule has 4 nitrogen and oxygen atoms in total. The van der Waals surface area contributed by atoms with Gasteiger partial charge >= 0.3 is 0 Å². The number of benzene rings is 4. The van der Waals surface area contributed by atoms with Crippen molar-refractivity contribution in [2.75, 3.05) is 7.11 Å². The molecule has 0 spiro atoms. The number of rotatable bonds is 5. The molecule has 1 amide bonds. The second kappa shape index (κ2) is 7.85. The third-order valence-electron chi connectivity index (χ3n) is 5.87. The summed E-state index contributed by atoms with van der Waals surface area (Å²) in [6.45, 7) is 0.334. The Kier molecular flexibility index (Phi) is 4.86. The largest absolute Gasteiger partial charge is 0.497 e. The van der Waals surface area contributed by atoms with Gasteiger partial charge in [-0.3, -0.25) is 4.79 Å². The topological polar surface area (TPSA) is 57.2 Å². The van der Waals surface area contributed by atoms with Crippen LogP contribution in [0.1, 0.15) is 15.9 Å². The summed E-state index contributed by atoms with van der Waals surface area (Å²) in [4.78, 5) is 12.2. The van der Waals surface area contributed by atoms with Crippen LogP contribution in [0.3, 0.4) is 0 Å². The lowest BCUT2D eigenvalue weighted by Crippen LogP contribution is -2.11. The summed E-state index contributed by atoms with van der Waals surface area (Å²) in [5.74, 6) is 0.0363. The SMILES string of the molecule is COc1ccc(-c2ccc3c4c(C(N)=O)cccc4n(Cc4ccccc4F)c3c2)cc1. The van der Waals surface area contributed by atoms with E-state index in [2.05, 4.69) is 6.07 Å². The Morgan fingerprint density at radius 2 is 1.66 bits per heavy atom. The number of carbonyl (C=O) groups is 1. The Balaban J connectivity index is 1.78. The van der Waals surface area contributed by atoms with Gasteiger partial charge in [0.05, 0.1) is 24.7 Å². The van der Waals surface area contributed by atoms with E-state index in [1.165, 1.54) is 6.07 Å². The van der Waals surface area contributed by atoms with Crippen molar-refractivity contribution in [2.24, 2.45) is 5.73 Å². The van der Waals surface area contributed by atoms with Crippen molar-refractivity contribution in [1.29, 1.82) is 0 Å². The van der Waals surface area contributed by atoms with Crippen LogP contribution in [0.2, 0.25) is 0 Å². The summed E-state index contributed by atoms with van der Waals surface area (Å²) in [7, 11) is 1.64. The van der Waals surface area contributed by atoms with Gasteiger partial charge in [0.2, 0.25) is 5.91 Å². The third-order valence-corrected chi connectivity index (χ3v) is 5.87. The summed E-state index contributed by atoms with van der Waals surface area (Å²) in [5, 5.41) is 1.69. The average molecular weight is 424 g/mol. The van der Waals surface area contributed by atoms with Gasteiger partial charge in [0.25, 0.3) is 0 Å². The number of ether oxygens (including phenoxy) is 1. The van der Waals surface area contributed by atoms with E-state index >= 15 is 0 Å². The summed E-state index contributed by atoms with van der Waals surface area (Å²) in [6, 6.07) is 26.1. The van der Waals surface area contributed by atoms with Crippen molar-refractivity contribution >= 4 is 27.7 Å².